The number of hydrogen-bond donors (Lipinski definition) is 1. The molecule has 1 atom stereocenters. The van der Waals surface area contributed by atoms with Crippen molar-refractivity contribution in [1.29, 1.82) is 0 Å². The van der Waals surface area contributed by atoms with Crippen molar-refractivity contribution in [3.8, 4) is 5.75 Å². The molecule has 0 aliphatic carbocycles. The maximum Gasteiger partial charge on any atom is 0.315 e. The lowest BCUT2D eigenvalue weighted by molar-refractivity contribution is -0.137. The molecule has 0 radical (unpaired) electrons. The molecule has 0 amide bonds. The van der Waals surface area contributed by atoms with Gasteiger partial charge >= 0.3 is 5.97 Å². The van der Waals surface area contributed by atoms with Crippen LogP contribution in [0.1, 0.15) is 30.5 Å². The molecule has 0 heterocycles. The van der Waals surface area contributed by atoms with Crippen molar-refractivity contribution in [3.05, 3.63) is 29.3 Å². The van der Waals surface area contributed by atoms with Crippen LogP contribution in [0.25, 0.3) is 0 Å². The number of thioether (sulfide) groups is 1. The van der Waals surface area contributed by atoms with Crippen molar-refractivity contribution in [3.63, 3.8) is 0 Å². The number of ether oxygens (including phenoxy) is 2. The molecule has 0 aromatic heterocycles. The molecule has 5 heteroatoms. The van der Waals surface area contributed by atoms with Crippen LogP contribution in [0.4, 0.5) is 0 Å². The molecular weight excluding hydrogens is 286 g/mol. The highest BCUT2D eigenvalue weighted by Gasteiger charge is 2.16. The van der Waals surface area contributed by atoms with E-state index in [0.29, 0.717) is 5.75 Å². The third-order valence-corrected chi connectivity index (χ3v) is 4.14. The van der Waals surface area contributed by atoms with Crippen LogP contribution in [-0.2, 0) is 9.53 Å². The van der Waals surface area contributed by atoms with Gasteiger partial charge in [0.1, 0.15) is 5.75 Å². The van der Waals surface area contributed by atoms with Crippen LogP contribution < -0.4 is 10.1 Å². The Morgan fingerprint density at radius 2 is 2.14 bits per heavy atom. The van der Waals surface area contributed by atoms with Gasteiger partial charge < -0.3 is 14.8 Å². The fraction of sp³-hybridized carbons (Fsp3) is 0.562. The minimum Gasteiger partial charge on any atom is -0.496 e. The smallest absolute Gasteiger partial charge is 0.315 e. The highest BCUT2D eigenvalue weighted by molar-refractivity contribution is 7.99. The highest BCUT2D eigenvalue weighted by Crippen LogP contribution is 2.28. The first-order valence-corrected chi connectivity index (χ1v) is 8.30. The highest BCUT2D eigenvalue weighted by atomic mass is 32.2. The van der Waals surface area contributed by atoms with Gasteiger partial charge in [-0.15, -0.1) is 11.8 Å². The fourth-order valence-electron chi connectivity index (χ4n) is 2.02. The van der Waals surface area contributed by atoms with Gasteiger partial charge in [-0.3, -0.25) is 4.79 Å². The van der Waals surface area contributed by atoms with Gasteiger partial charge in [0.25, 0.3) is 0 Å². The van der Waals surface area contributed by atoms with Crippen LogP contribution in [0, 0.1) is 6.92 Å². The van der Waals surface area contributed by atoms with E-state index in [1.807, 2.05) is 12.1 Å². The van der Waals surface area contributed by atoms with Crippen molar-refractivity contribution in [2.75, 3.05) is 32.3 Å². The third-order valence-electron chi connectivity index (χ3n) is 3.13. The lowest BCUT2D eigenvalue weighted by atomic mass is 10.0. The second kappa shape index (κ2) is 9.68. The fourth-order valence-corrected chi connectivity index (χ4v) is 2.96. The van der Waals surface area contributed by atoms with E-state index in [2.05, 4.69) is 30.0 Å². The maximum atomic E-state index is 11.2. The molecule has 0 saturated heterocycles. The van der Waals surface area contributed by atoms with Crippen LogP contribution in [0.2, 0.25) is 0 Å². The van der Waals surface area contributed by atoms with E-state index in [1.165, 1.54) is 12.7 Å². The Morgan fingerprint density at radius 1 is 1.38 bits per heavy atom. The number of methoxy groups -OCH3 is 2. The first kappa shape index (κ1) is 17.9. The van der Waals surface area contributed by atoms with Crippen LogP contribution in [-0.4, -0.2) is 38.2 Å². The number of aryl methyl sites for hydroxylation is 1. The number of nitrogens with one attached hydrogen (secondary N) is 1. The zero-order valence-corrected chi connectivity index (χ0v) is 14.1. The summed E-state index contributed by atoms with van der Waals surface area (Å²) >= 11 is 1.57. The Balaban J connectivity index is 2.80. The summed E-state index contributed by atoms with van der Waals surface area (Å²) in [7, 11) is 3.10. The molecule has 0 aliphatic rings. The molecule has 118 valence electrons. The Hall–Kier alpha value is -1.20. The number of carbonyl (C=O) groups is 1. The number of benzene rings is 1. The molecule has 1 unspecified atom stereocenters. The number of esters is 1. The van der Waals surface area contributed by atoms with E-state index in [0.717, 1.165) is 30.0 Å². The average molecular weight is 311 g/mol. The van der Waals surface area contributed by atoms with Gasteiger partial charge in [-0.1, -0.05) is 24.6 Å². The monoisotopic (exact) mass is 311 g/mol. The van der Waals surface area contributed by atoms with Gasteiger partial charge in [-0.05, 0) is 26.0 Å². The molecule has 0 aliphatic heterocycles. The minimum atomic E-state index is -0.189. The quantitative estimate of drug-likeness (QED) is 0.711. The molecule has 1 N–H and O–H groups in total. The topological polar surface area (TPSA) is 47.6 Å². The van der Waals surface area contributed by atoms with Gasteiger partial charge in [0.05, 0.1) is 20.0 Å². The van der Waals surface area contributed by atoms with E-state index in [1.54, 1.807) is 18.9 Å². The van der Waals surface area contributed by atoms with E-state index in [-0.39, 0.29) is 12.0 Å². The van der Waals surface area contributed by atoms with Crippen molar-refractivity contribution in [1.82, 2.24) is 5.32 Å². The van der Waals surface area contributed by atoms with Gasteiger partial charge in [0.15, 0.2) is 0 Å². The minimum absolute atomic E-state index is 0.162. The second-order valence-corrected chi connectivity index (χ2v) is 5.87. The summed E-state index contributed by atoms with van der Waals surface area (Å²) in [4.78, 5) is 11.2. The molecule has 0 fully saturated rings. The molecular formula is C16H25NO3S. The molecule has 1 rings (SSSR count). The zero-order chi connectivity index (χ0) is 15.7. The molecule has 4 nitrogen and oxygen atoms in total. The normalized spacial score (nSPS) is 12.0. The van der Waals surface area contributed by atoms with Crippen LogP contribution in [0.15, 0.2) is 18.2 Å². The lowest BCUT2D eigenvalue weighted by Crippen LogP contribution is -2.25. The molecule has 0 bridgehead atoms. The van der Waals surface area contributed by atoms with Crippen LogP contribution in [0.3, 0.4) is 0 Å². The molecule has 21 heavy (non-hydrogen) atoms. The molecule has 0 saturated carbocycles. The van der Waals surface area contributed by atoms with Crippen molar-refractivity contribution in [2.24, 2.45) is 0 Å². The van der Waals surface area contributed by atoms with E-state index < -0.39 is 0 Å². The first-order chi connectivity index (χ1) is 10.1. The summed E-state index contributed by atoms with van der Waals surface area (Å²) < 4.78 is 10.1. The average Bonchev–Trinajstić information content (AvgIpc) is 2.50. The first-order valence-electron chi connectivity index (χ1n) is 7.14. The van der Waals surface area contributed by atoms with Crippen molar-refractivity contribution < 1.29 is 14.3 Å². The number of carbonyl (C=O) groups excluding carboxylic acids is 1. The number of rotatable bonds is 9. The van der Waals surface area contributed by atoms with E-state index in [9.17, 15) is 4.79 Å². The Kier molecular flexibility index (Phi) is 8.23. The van der Waals surface area contributed by atoms with E-state index in [4.69, 9.17) is 4.74 Å². The molecule has 0 spiro atoms. The van der Waals surface area contributed by atoms with Gasteiger partial charge in [0.2, 0.25) is 0 Å². The van der Waals surface area contributed by atoms with Crippen molar-refractivity contribution >= 4 is 17.7 Å². The predicted octanol–water partition coefficient (Wildman–Crippen LogP) is 2.95. The summed E-state index contributed by atoms with van der Waals surface area (Å²) in [6.45, 7) is 5.14. The Labute approximate surface area is 131 Å². The second-order valence-electron chi connectivity index (χ2n) is 4.84. The summed E-state index contributed by atoms with van der Waals surface area (Å²) in [5, 5.41) is 3.53. The molecule has 1 aromatic carbocycles. The van der Waals surface area contributed by atoms with Gasteiger partial charge in [0, 0.05) is 17.4 Å². The number of hydrogen-bond acceptors (Lipinski definition) is 5. The van der Waals surface area contributed by atoms with Crippen molar-refractivity contribution in [2.45, 2.75) is 26.3 Å². The Bertz CT molecular complexity index is 451. The summed E-state index contributed by atoms with van der Waals surface area (Å²) in [5.41, 5.74) is 2.34. The zero-order valence-electron chi connectivity index (χ0n) is 13.3. The summed E-state index contributed by atoms with van der Waals surface area (Å²) in [6, 6.07) is 6.34. The van der Waals surface area contributed by atoms with Crippen LogP contribution in [0.5, 0.6) is 5.75 Å². The standard InChI is InChI=1S/C16H25NO3S/c1-5-8-17-14(10-21-11-16(18)20-4)13-9-12(2)6-7-15(13)19-3/h6-7,9,14,17H,5,8,10-11H2,1-4H3. The van der Waals surface area contributed by atoms with Gasteiger partial charge in [-0.2, -0.15) is 0 Å². The molecule has 1 aromatic rings. The summed E-state index contributed by atoms with van der Waals surface area (Å²) in [6.07, 6.45) is 1.06. The lowest BCUT2D eigenvalue weighted by Gasteiger charge is -2.21. The Morgan fingerprint density at radius 3 is 2.76 bits per heavy atom. The van der Waals surface area contributed by atoms with E-state index >= 15 is 0 Å². The third kappa shape index (κ3) is 5.98. The largest absolute Gasteiger partial charge is 0.496 e. The maximum absolute atomic E-state index is 11.2. The summed E-state index contributed by atoms with van der Waals surface area (Å²) in [5.74, 6) is 1.86. The van der Waals surface area contributed by atoms with Gasteiger partial charge in [-0.25, -0.2) is 0 Å². The van der Waals surface area contributed by atoms with Crippen LogP contribution >= 0.6 is 11.8 Å². The predicted molar refractivity (Wildman–Crippen MR) is 88.1 cm³/mol. The SMILES string of the molecule is CCCNC(CSCC(=O)OC)c1cc(C)ccc1OC.